The average Bonchev–Trinajstić information content (AvgIpc) is 2.57. The number of hydrogen-bond acceptors (Lipinski definition) is 3. The Morgan fingerprint density at radius 2 is 1.91 bits per heavy atom. The second kappa shape index (κ2) is 5.84. The summed E-state index contributed by atoms with van der Waals surface area (Å²) in [4.78, 5) is 14.9. The second-order valence-corrected chi connectivity index (χ2v) is 6.30. The molecule has 3 nitrogen and oxygen atoms in total. The van der Waals surface area contributed by atoms with Crippen LogP contribution in [0.1, 0.15) is 16.9 Å². The summed E-state index contributed by atoms with van der Waals surface area (Å²) in [5.74, 6) is 0.748. The Labute approximate surface area is 139 Å². The summed E-state index contributed by atoms with van der Waals surface area (Å²) in [7, 11) is 0. The van der Waals surface area contributed by atoms with Gasteiger partial charge in [0.25, 0.3) is 0 Å². The highest BCUT2D eigenvalue weighted by Gasteiger charge is 2.23. The molecule has 2 aromatic carbocycles. The molecule has 116 valence electrons. The van der Waals surface area contributed by atoms with Gasteiger partial charge in [0, 0.05) is 18.7 Å². The number of hydrogen-bond donors (Lipinski definition) is 0. The van der Waals surface area contributed by atoms with Crippen molar-refractivity contribution in [3.05, 3.63) is 80.7 Å². The lowest BCUT2D eigenvalue weighted by molar-refractivity contribution is 0.219. The topological polar surface area (TPSA) is 33.5 Å². The molecule has 0 radical (unpaired) electrons. The minimum Gasteiger partial charge on any atom is -0.458 e. The number of nitrogens with zero attached hydrogens (tertiary/aromatic N) is 1. The minimum atomic E-state index is 0.0584. The van der Waals surface area contributed by atoms with E-state index in [1.165, 1.54) is 5.56 Å². The Morgan fingerprint density at radius 3 is 2.74 bits per heavy atom. The molecule has 0 bridgehead atoms. The summed E-state index contributed by atoms with van der Waals surface area (Å²) in [6.07, 6.45) is 0.715. The molecule has 0 atom stereocenters. The van der Waals surface area contributed by atoms with Crippen molar-refractivity contribution < 1.29 is 4.42 Å². The zero-order valence-corrected chi connectivity index (χ0v) is 13.3. The van der Waals surface area contributed by atoms with Crippen molar-refractivity contribution >= 4 is 22.6 Å². The molecule has 1 aliphatic heterocycles. The van der Waals surface area contributed by atoms with E-state index >= 15 is 0 Å². The van der Waals surface area contributed by atoms with Gasteiger partial charge >= 0.3 is 0 Å². The fourth-order valence-corrected chi connectivity index (χ4v) is 3.39. The lowest BCUT2D eigenvalue weighted by atomic mass is 10.0. The molecule has 2 heterocycles. The lowest BCUT2D eigenvalue weighted by Gasteiger charge is -2.27. The number of fused-ring (bicyclic) bond motifs is 2. The molecule has 0 N–H and O–H groups in total. The molecule has 0 saturated carbocycles. The van der Waals surface area contributed by atoms with Crippen LogP contribution in [0.4, 0.5) is 0 Å². The van der Waals surface area contributed by atoms with Crippen molar-refractivity contribution in [2.24, 2.45) is 0 Å². The van der Waals surface area contributed by atoms with Crippen LogP contribution in [0.2, 0.25) is 5.02 Å². The summed E-state index contributed by atoms with van der Waals surface area (Å²) >= 11 is 6.19. The first-order valence-corrected chi connectivity index (χ1v) is 8.09. The highest BCUT2D eigenvalue weighted by atomic mass is 35.5. The molecule has 0 spiro atoms. The van der Waals surface area contributed by atoms with E-state index in [1.807, 2.05) is 18.2 Å². The van der Waals surface area contributed by atoms with Gasteiger partial charge in [0.15, 0.2) is 11.0 Å². The third kappa shape index (κ3) is 2.67. The van der Waals surface area contributed by atoms with Gasteiger partial charge in [0.1, 0.15) is 5.76 Å². The molecule has 0 fully saturated rings. The zero-order valence-electron chi connectivity index (χ0n) is 12.6. The number of benzene rings is 2. The quantitative estimate of drug-likeness (QED) is 0.714. The molecule has 0 amide bonds. The van der Waals surface area contributed by atoms with Crippen molar-refractivity contribution in [3.8, 4) is 0 Å². The van der Waals surface area contributed by atoms with Gasteiger partial charge in [-0.15, -0.1) is 0 Å². The second-order valence-electron chi connectivity index (χ2n) is 5.90. The predicted molar refractivity (Wildman–Crippen MR) is 91.8 cm³/mol. The van der Waals surface area contributed by atoms with Gasteiger partial charge in [-0.25, -0.2) is 0 Å². The first-order valence-electron chi connectivity index (χ1n) is 7.72. The molecule has 1 aliphatic rings. The van der Waals surface area contributed by atoms with E-state index < -0.39 is 0 Å². The molecule has 0 saturated heterocycles. The number of halogens is 1. The third-order valence-electron chi connectivity index (χ3n) is 4.34. The van der Waals surface area contributed by atoms with Crippen molar-refractivity contribution in [2.45, 2.75) is 19.5 Å². The first-order chi connectivity index (χ1) is 11.2. The van der Waals surface area contributed by atoms with Crippen molar-refractivity contribution in [2.75, 3.05) is 6.54 Å². The fourth-order valence-electron chi connectivity index (χ4n) is 3.17. The monoisotopic (exact) mass is 325 g/mol. The SMILES string of the molecule is O=c1c2c(oc3c(Cl)cccc13)CN(Cc1ccccc1)CC2. The Kier molecular flexibility index (Phi) is 3.68. The van der Waals surface area contributed by atoms with E-state index in [0.29, 0.717) is 29.0 Å². The summed E-state index contributed by atoms with van der Waals surface area (Å²) < 4.78 is 5.99. The molecule has 0 aliphatic carbocycles. The maximum absolute atomic E-state index is 12.7. The van der Waals surface area contributed by atoms with Gasteiger partial charge in [-0.05, 0) is 24.1 Å². The summed E-state index contributed by atoms with van der Waals surface area (Å²) in [5, 5.41) is 1.07. The van der Waals surface area contributed by atoms with Gasteiger partial charge in [0.2, 0.25) is 0 Å². The van der Waals surface area contributed by atoms with Crippen LogP contribution in [0, 0.1) is 0 Å². The minimum absolute atomic E-state index is 0.0584. The van der Waals surface area contributed by atoms with Crippen LogP contribution in [0.3, 0.4) is 0 Å². The van der Waals surface area contributed by atoms with Gasteiger partial charge < -0.3 is 4.42 Å². The highest BCUT2D eigenvalue weighted by Crippen LogP contribution is 2.26. The van der Waals surface area contributed by atoms with Gasteiger partial charge in [-0.3, -0.25) is 9.69 Å². The van der Waals surface area contributed by atoms with Gasteiger partial charge in [-0.2, -0.15) is 0 Å². The van der Waals surface area contributed by atoms with E-state index in [4.69, 9.17) is 16.0 Å². The number of para-hydroxylation sites is 1. The van der Waals surface area contributed by atoms with Gasteiger partial charge in [0.05, 0.1) is 17.0 Å². The maximum Gasteiger partial charge on any atom is 0.196 e. The first kappa shape index (κ1) is 14.5. The van der Waals surface area contributed by atoms with Crippen molar-refractivity contribution in [1.82, 2.24) is 4.90 Å². The third-order valence-corrected chi connectivity index (χ3v) is 4.64. The fraction of sp³-hybridized carbons (Fsp3) is 0.211. The summed E-state index contributed by atoms with van der Waals surface area (Å²) in [6.45, 7) is 2.35. The van der Waals surface area contributed by atoms with Crippen LogP contribution in [0.5, 0.6) is 0 Å². The van der Waals surface area contributed by atoms with Crippen molar-refractivity contribution in [3.63, 3.8) is 0 Å². The van der Waals surface area contributed by atoms with Crippen LogP contribution < -0.4 is 5.43 Å². The van der Waals surface area contributed by atoms with E-state index in [0.717, 1.165) is 24.4 Å². The lowest BCUT2D eigenvalue weighted by Crippen LogP contribution is -2.33. The van der Waals surface area contributed by atoms with Crippen LogP contribution in [0.25, 0.3) is 11.0 Å². The van der Waals surface area contributed by atoms with Crippen LogP contribution in [0.15, 0.2) is 57.7 Å². The molecular weight excluding hydrogens is 310 g/mol. The summed E-state index contributed by atoms with van der Waals surface area (Å²) in [5.41, 5.74) is 2.61. The van der Waals surface area contributed by atoms with Crippen molar-refractivity contribution in [1.29, 1.82) is 0 Å². The van der Waals surface area contributed by atoms with Gasteiger partial charge in [-0.1, -0.05) is 48.0 Å². The smallest absolute Gasteiger partial charge is 0.196 e. The molecule has 4 heteroatoms. The summed E-state index contributed by atoms with van der Waals surface area (Å²) in [6, 6.07) is 15.7. The number of rotatable bonds is 2. The predicted octanol–water partition coefficient (Wildman–Crippen LogP) is 4.00. The maximum atomic E-state index is 12.7. The standard InChI is InChI=1S/C19H16ClNO2/c20-16-8-4-7-15-18(22)14-9-10-21(12-17(14)23-19(15)16)11-13-5-2-1-3-6-13/h1-8H,9-12H2. The van der Waals surface area contributed by atoms with Crippen LogP contribution >= 0.6 is 11.6 Å². The zero-order chi connectivity index (χ0) is 15.8. The molecule has 23 heavy (non-hydrogen) atoms. The Hall–Kier alpha value is -2.10. The average molecular weight is 326 g/mol. The van der Waals surface area contributed by atoms with E-state index in [2.05, 4.69) is 17.0 Å². The van der Waals surface area contributed by atoms with Crippen LogP contribution in [-0.4, -0.2) is 11.4 Å². The molecule has 4 rings (SSSR count). The highest BCUT2D eigenvalue weighted by molar-refractivity contribution is 6.34. The Morgan fingerprint density at radius 1 is 1.09 bits per heavy atom. The molecular formula is C19H16ClNO2. The molecule has 1 aromatic heterocycles. The molecule has 0 unspecified atom stereocenters. The largest absolute Gasteiger partial charge is 0.458 e. The van der Waals surface area contributed by atoms with E-state index in [1.54, 1.807) is 18.2 Å². The normalized spacial score (nSPS) is 14.8. The van der Waals surface area contributed by atoms with E-state index in [-0.39, 0.29) is 5.43 Å². The van der Waals surface area contributed by atoms with E-state index in [9.17, 15) is 4.79 Å². The molecule has 3 aromatic rings. The van der Waals surface area contributed by atoms with Crippen LogP contribution in [-0.2, 0) is 19.5 Å². The Bertz CT molecular complexity index is 918. The Balaban J connectivity index is 1.71.